The molecule has 0 unspecified atom stereocenters. The zero-order valence-electron chi connectivity index (χ0n) is 24.4. The Morgan fingerprint density at radius 2 is 1.58 bits per heavy atom. The molecule has 0 fully saturated rings. The molecule has 0 aliphatic carbocycles. The molecule has 0 spiro atoms. The number of phenols is 1. The first-order valence-electron chi connectivity index (χ1n) is 12.7. The molecule has 0 bridgehead atoms. The summed E-state index contributed by atoms with van der Waals surface area (Å²) in [5.74, 6) is -2.99. The van der Waals surface area contributed by atoms with Crippen LogP contribution in [0.4, 0.5) is 29.0 Å². The van der Waals surface area contributed by atoms with E-state index in [1.54, 1.807) is 0 Å². The van der Waals surface area contributed by atoms with Crippen molar-refractivity contribution < 1.29 is 61.4 Å². The van der Waals surface area contributed by atoms with E-state index < -0.39 is 112 Å². The average molecular weight is 795 g/mol. The van der Waals surface area contributed by atoms with Crippen molar-refractivity contribution in [1.29, 1.82) is 5.26 Å². The van der Waals surface area contributed by atoms with Gasteiger partial charge in [0.15, 0.2) is 21.8 Å². The van der Waals surface area contributed by atoms with Crippen molar-refractivity contribution in [3.8, 4) is 17.7 Å². The fourth-order valence-electron chi connectivity index (χ4n) is 4.11. The van der Waals surface area contributed by atoms with Crippen LogP contribution < -0.4 is 15.4 Å². The number of ether oxygens (including phenoxy) is 1. The first-order valence-corrected chi connectivity index (χ1v) is 19.0. The number of benzene rings is 3. The lowest BCUT2D eigenvalue weighted by Gasteiger charge is -2.15. The molecule has 0 radical (unpaired) electrons. The van der Waals surface area contributed by atoms with Gasteiger partial charge in [-0.2, -0.15) is 45.5 Å². The van der Waals surface area contributed by atoms with Crippen LogP contribution in [0.25, 0.3) is 10.8 Å². The van der Waals surface area contributed by atoms with Crippen molar-refractivity contribution in [2.75, 3.05) is 30.1 Å². The maximum Gasteiger partial charge on any atom is 0.397 e. The number of nitrogens with one attached hydrogen (secondary N) is 2. The van der Waals surface area contributed by atoms with E-state index in [0.717, 1.165) is 37.4 Å². The van der Waals surface area contributed by atoms with Gasteiger partial charge < -0.3 is 15.2 Å². The highest BCUT2D eigenvalue weighted by molar-refractivity contribution is 7.91. The predicted octanol–water partition coefficient (Wildman–Crippen LogP) is 2.53. The molecule has 0 aliphatic heterocycles. The summed E-state index contributed by atoms with van der Waals surface area (Å²) in [6.45, 7) is -0.960. The minimum absolute atomic E-state index is 0.147. The van der Waals surface area contributed by atoms with Gasteiger partial charge in [0.2, 0.25) is 17.2 Å². The number of phenolic OH excluding ortho intramolecular Hbond substituents is 1. The molecule has 4 rings (SSSR count). The van der Waals surface area contributed by atoms with Gasteiger partial charge in [-0.25, -0.2) is 12.6 Å². The highest BCUT2D eigenvalue weighted by atomic mass is 35.5. The number of nitrogens with zero attached hydrogens (tertiary/aromatic N) is 6. The van der Waals surface area contributed by atoms with Crippen molar-refractivity contribution in [2.24, 2.45) is 10.2 Å². The van der Waals surface area contributed by atoms with Gasteiger partial charge >= 0.3 is 10.4 Å². The monoisotopic (exact) mass is 794 g/mol. The molecule has 4 aromatic rings. The van der Waals surface area contributed by atoms with Crippen LogP contribution in [0.2, 0.25) is 5.28 Å². The zero-order valence-corrected chi connectivity index (χ0v) is 28.5. The van der Waals surface area contributed by atoms with Crippen LogP contribution in [0.1, 0.15) is 0 Å². The molecule has 27 heteroatoms. The lowest BCUT2D eigenvalue weighted by atomic mass is 10.1. The number of fused-ring (bicyclic) bond motifs is 1. The summed E-state index contributed by atoms with van der Waals surface area (Å²) >= 11 is 5.81. The van der Waals surface area contributed by atoms with Crippen LogP contribution in [0.3, 0.4) is 0 Å². The molecule has 0 atom stereocenters. The molecule has 22 nitrogen and oxygen atoms in total. The third-order valence-corrected chi connectivity index (χ3v) is 10.2. The fourth-order valence-corrected chi connectivity index (χ4v) is 7.26. The Kier molecular flexibility index (Phi) is 10.8. The number of anilines is 3. The summed E-state index contributed by atoms with van der Waals surface area (Å²) in [6, 6.07) is 5.55. The predicted molar refractivity (Wildman–Crippen MR) is 169 cm³/mol. The van der Waals surface area contributed by atoms with Crippen LogP contribution in [-0.4, -0.2) is 86.9 Å². The number of sulfone groups is 1. The normalized spacial score (nSPS) is 12.6. The minimum atomic E-state index is -5.38. The topological polar surface area (TPSA) is 347 Å². The maximum absolute atomic E-state index is 12.7. The second kappa shape index (κ2) is 14.2. The summed E-state index contributed by atoms with van der Waals surface area (Å²) in [5.41, 5.74) is -1.88. The van der Waals surface area contributed by atoms with Crippen molar-refractivity contribution in [2.45, 2.75) is 14.7 Å². The highest BCUT2D eigenvalue weighted by Gasteiger charge is 2.28. The van der Waals surface area contributed by atoms with E-state index in [1.165, 1.54) is 6.19 Å². The molecule has 0 amide bonds. The van der Waals surface area contributed by atoms with Crippen LogP contribution >= 0.6 is 11.6 Å². The Morgan fingerprint density at radius 3 is 2.18 bits per heavy atom. The van der Waals surface area contributed by atoms with E-state index >= 15 is 0 Å². The summed E-state index contributed by atoms with van der Waals surface area (Å²) in [5, 5.41) is 30.2. The van der Waals surface area contributed by atoms with Crippen LogP contribution in [0.15, 0.2) is 61.3 Å². The number of aromatic hydroxyl groups is 1. The number of hydrogen-bond donors (Lipinski definition) is 6. The number of hydrogen-bond acceptors (Lipinski definition) is 19. The molecule has 0 saturated heterocycles. The number of azo groups is 1. The summed E-state index contributed by atoms with van der Waals surface area (Å²) in [7, 11) is -18.8. The zero-order chi connectivity index (χ0) is 37.2. The van der Waals surface area contributed by atoms with E-state index in [2.05, 4.69) is 40.0 Å². The molecule has 6 N–H and O–H groups in total. The Morgan fingerprint density at radius 1 is 0.900 bits per heavy atom. The molecule has 0 saturated carbocycles. The average Bonchev–Trinajstić information content (AvgIpc) is 2.98. The number of rotatable bonds is 13. The van der Waals surface area contributed by atoms with E-state index in [1.807, 2.05) is 0 Å². The lowest BCUT2D eigenvalue weighted by molar-refractivity contribution is 0.284. The van der Waals surface area contributed by atoms with Gasteiger partial charge in [-0.05, 0) is 48.0 Å². The molecular weight excluding hydrogens is 776 g/mol. The van der Waals surface area contributed by atoms with Gasteiger partial charge in [-0.15, -0.1) is 10.2 Å². The van der Waals surface area contributed by atoms with Gasteiger partial charge in [-0.3, -0.25) is 19.0 Å². The molecule has 3 aromatic carbocycles. The van der Waals surface area contributed by atoms with Gasteiger partial charge in [0.1, 0.15) is 26.9 Å². The Bertz CT molecular complexity index is 2550. The highest BCUT2D eigenvalue weighted by Crippen LogP contribution is 2.45. The first kappa shape index (κ1) is 38.0. The van der Waals surface area contributed by atoms with Crippen molar-refractivity contribution in [3.05, 3.63) is 41.7 Å². The van der Waals surface area contributed by atoms with E-state index in [-0.39, 0.29) is 11.7 Å². The first-order chi connectivity index (χ1) is 23.1. The maximum atomic E-state index is 12.7. The molecule has 266 valence electrons. The van der Waals surface area contributed by atoms with Gasteiger partial charge in [0.05, 0.1) is 30.1 Å². The van der Waals surface area contributed by atoms with E-state index in [9.17, 15) is 47.9 Å². The second-order valence-electron chi connectivity index (χ2n) is 9.28. The number of aromatic nitrogens is 3. The molecule has 0 aliphatic rings. The molecule has 1 aromatic heterocycles. The Labute approximate surface area is 286 Å². The second-order valence-corrected chi connectivity index (χ2v) is 15.6. The van der Waals surface area contributed by atoms with Crippen molar-refractivity contribution in [1.82, 2.24) is 15.0 Å². The molecule has 1 heterocycles. The number of nitriles is 1. The third kappa shape index (κ3) is 8.84. The standard InChI is InChI=1S/C23H19ClN8O14S4/c1-45-16-5-2-11(47(34,35)7-6-46-50(42,43)44)8-15(16)31-32-18-17(48(36,37)38)9-13-12(19(18)33)3-4-14(20(13)49(39,40)41)27-23-29-21(24)28-22(30-23)26-10-25/h2-5,8-9,33H,6-7H2,1H3,(H,36,37,38)(H,39,40,41)(H,42,43,44)(H2,26,27,28,29,30)/b32-31+. The summed E-state index contributed by atoms with van der Waals surface area (Å²) < 4.78 is 135. The van der Waals surface area contributed by atoms with Crippen molar-refractivity contribution in [3.63, 3.8) is 0 Å². The quantitative estimate of drug-likeness (QED) is 0.0490. The SMILES string of the molecule is COc1ccc(S(=O)(=O)CCOS(=O)(=O)O)cc1/N=N/c1c(S(=O)(=O)O)cc2c(S(=O)(=O)O)c(Nc3nc(Cl)nc(NC#N)n3)ccc2c1O. The molecule has 50 heavy (non-hydrogen) atoms. The van der Waals surface area contributed by atoms with Gasteiger partial charge in [0.25, 0.3) is 20.2 Å². The van der Waals surface area contributed by atoms with Crippen molar-refractivity contribution >= 4 is 91.8 Å². The van der Waals surface area contributed by atoms with Crippen LogP contribution in [0, 0.1) is 11.5 Å². The Hall–Kier alpha value is -4.85. The summed E-state index contributed by atoms with van der Waals surface area (Å²) in [6.07, 6.45) is 1.53. The van der Waals surface area contributed by atoms with Gasteiger partial charge in [0, 0.05) is 10.8 Å². The smallest absolute Gasteiger partial charge is 0.397 e. The van der Waals surface area contributed by atoms with E-state index in [4.69, 9.17) is 26.2 Å². The van der Waals surface area contributed by atoms with E-state index in [0.29, 0.717) is 6.07 Å². The number of methoxy groups -OCH3 is 1. The third-order valence-electron chi connectivity index (χ3n) is 6.09. The minimum Gasteiger partial charge on any atom is -0.505 e. The summed E-state index contributed by atoms with van der Waals surface area (Å²) in [4.78, 5) is 8.36. The van der Waals surface area contributed by atoms with Gasteiger partial charge in [-0.1, -0.05) is 0 Å². The lowest BCUT2D eigenvalue weighted by Crippen LogP contribution is -2.15. The fraction of sp³-hybridized carbons (Fsp3) is 0.130. The molecular formula is C23H19ClN8O14S4. The van der Waals surface area contributed by atoms with Crippen LogP contribution in [-0.2, 0) is 44.7 Å². The van der Waals surface area contributed by atoms with Crippen LogP contribution in [0.5, 0.6) is 11.5 Å². The largest absolute Gasteiger partial charge is 0.505 e. The number of halogens is 1. The Balaban J connectivity index is 1.89.